The molecule has 2 N–H and O–H groups in total. The summed E-state index contributed by atoms with van der Waals surface area (Å²) in [6.45, 7) is 2.35. The van der Waals surface area contributed by atoms with Gasteiger partial charge in [-0.1, -0.05) is 72.3 Å². The predicted octanol–water partition coefficient (Wildman–Crippen LogP) is 5.18. The van der Waals surface area contributed by atoms with Crippen LogP contribution in [0.2, 0.25) is 0 Å². The topological polar surface area (TPSA) is 58.6 Å². The van der Waals surface area contributed by atoms with Crippen LogP contribution >= 0.6 is 11.8 Å². The molecule has 32 heavy (non-hydrogen) atoms. The molecule has 3 aromatic rings. The number of aryl methyl sites for hydroxylation is 1. The number of thioether (sulfide) groups is 1. The van der Waals surface area contributed by atoms with Gasteiger partial charge in [-0.25, -0.2) is 0 Å². The molecular formula is C27H29NO3S. The van der Waals surface area contributed by atoms with Crippen molar-refractivity contribution in [1.29, 1.82) is 0 Å². The van der Waals surface area contributed by atoms with Crippen LogP contribution in [0, 0.1) is 6.92 Å². The number of aliphatic hydroxyl groups is 1. The van der Waals surface area contributed by atoms with Crippen LogP contribution in [-0.4, -0.2) is 37.0 Å². The molecule has 0 saturated heterocycles. The summed E-state index contributed by atoms with van der Waals surface area (Å²) in [6.07, 6.45) is 4.18. The first-order chi connectivity index (χ1) is 15.6. The minimum atomic E-state index is -0.0508. The largest absolute Gasteiger partial charge is 0.496 e. The Morgan fingerprint density at radius 3 is 2.41 bits per heavy atom. The van der Waals surface area contributed by atoms with Gasteiger partial charge >= 0.3 is 0 Å². The SMILES string of the molecule is COc1ccc(-c2ccc(CSCC(=O)NCCO)cc2)cc1/C=C/c1ccc(C)cc1. The van der Waals surface area contributed by atoms with Gasteiger partial charge in [0.05, 0.1) is 19.5 Å². The second-order valence-electron chi connectivity index (χ2n) is 7.46. The molecule has 4 nitrogen and oxygen atoms in total. The molecule has 0 atom stereocenters. The number of benzene rings is 3. The van der Waals surface area contributed by atoms with Gasteiger partial charge in [0.1, 0.15) is 5.75 Å². The maximum Gasteiger partial charge on any atom is 0.230 e. The molecule has 0 spiro atoms. The van der Waals surface area contributed by atoms with Crippen molar-refractivity contribution < 1.29 is 14.6 Å². The van der Waals surface area contributed by atoms with E-state index in [1.807, 2.05) is 6.07 Å². The number of ether oxygens (including phenoxy) is 1. The van der Waals surface area contributed by atoms with E-state index in [0.717, 1.165) is 33.8 Å². The summed E-state index contributed by atoms with van der Waals surface area (Å²) < 4.78 is 5.55. The Kier molecular flexibility index (Phi) is 8.96. The zero-order valence-electron chi connectivity index (χ0n) is 18.5. The molecule has 5 heteroatoms. The summed E-state index contributed by atoms with van der Waals surface area (Å²) in [5.41, 5.74) is 6.84. The molecule has 166 valence electrons. The molecule has 0 bridgehead atoms. The molecule has 0 aromatic heterocycles. The number of aliphatic hydroxyl groups excluding tert-OH is 1. The van der Waals surface area contributed by atoms with Crippen LogP contribution < -0.4 is 10.1 Å². The Labute approximate surface area is 194 Å². The van der Waals surface area contributed by atoms with Crippen molar-refractivity contribution in [1.82, 2.24) is 5.32 Å². The number of hydrogen-bond acceptors (Lipinski definition) is 4. The monoisotopic (exact) mass is 447 g/mol. The van der Waals surface area contributed by atoms with Gasteiger partial charge in [-0.2, -0.15) is 0 Å². The predicted molar refractivity (Wildman–Crippen MR) is 135 cm³/mol. The van der Waals surface area contributed by atoms with Crippen molar-refractivity contribution in [3.63, 3.8) is 0 Å². The minimum Gasteiger partial charge on any atom is -0.496 e. The molecule has 0 unspecified atom stereocenters. The fourth-order valence-electron chi connectivity index (χ4n) is 3.21. The van der Waals surface area contributed by atoms with E-state index in [9.17, 15) is 4.79 Å². The Morgan fingerprint density at radius 1 is 1.00 bits per heavy atom. The molecule has 0 aliphatic carbocycles. The highest BCUT2D eigenvalue weighted by Crippen LogP contribution is 2.29. The summed E-state index contributed by atoms with van der Waals surface area (Å²) in [7, 11) is 1.69. The highest BCUT2D eigenvalue weighted by molar-refractivity contribution is 7.99. The average Bonchev–Trinajstić information content (AvgIpc) is 2.82. The van der Waals surface area contributed by atoms with Crippen molar-refractivity contribution in [2.24, 2.45) is 0 Å². The Balaban J connectivity index is 1.67. The average molecular weight is 448 g/mol. The molecular weight excluding hydrogens is 418 g/mol. The number of carbonyl (C=O) groups excluding carboxylic acids is 1. The molecule has 0 heterocycles. The maximum atomic E-state index is 11.6. The lowest BCUT2D eigenvalue weighted by Crippen LogP contribution is -2.27. The third-order valence-corrected chi connectivity index (χ3v) is 5.99. The van der Waals surface area contributed by atoms with Gasteiger partial charge < -0.3 is 15.2 Å². The zero-order chi connectivity index (χ0) is 22.8. The molecule has 3 aromatic carbocycles. The van der Waals surface area contributed by atoms with Crippen molar-refractivity contribution in [3.05, 3.63) is 89.0 Å². The Hall–Kier alpha value is -3.02. The molecule has 0 fully saturated rings. The third-order valence-electron chi connectivity index (χ3n) is 4.99. The maximum absolute atomic E-state index is 11.6. The number of carbonyl (C=O) groups is 1. The smallest absolute Gasteiger partial charge is 0.230 e. The first kappa shape index (κ1) is 23.6. The van der Waals surface area contributed by atoms with Crippen LogP contribution in [0.15, 0.2) is 66.7 Å². The summed E-state index contributed by atoms with van der Waals surface area (Å²) >= 11 is 1.56. The molecule has 0 aliphatic rings. The number of nitrogens with one attached hydrogen (secondary N) is 1. The number of rotatable bonds is 10. The summed E-state index contributed by atoms with van der Waals surface area (Å²) in [5.74, 6) is 1.94. The first-order valence-electron chi connectivity index (χ1n) is 10.6. The van der Waals surface area contributed by atoms with Crippen molar-refractivity contribution in [2.75, 3.05) is 26.0 Å². The van der Waals surface area contributed by atoms with Crippen LogP contribution in [0.1, 0.15) is 22.3 Å². The number of amides is 1. The van der Waals surface area contributed by atoms with E-state index in [1.165, 1.54) is 11.1 Å². The molecule has 0 saturated carbocycles. The van der Waals surface area contributed by atoms with Gasteiger partial charge in [0, 0.05) is 17.9 Å². The number of methoxy groups -OCH3 is 1. The third kappa shape index (κ3) is 7.01. The van der Waals surface area contributed by atoms with Gasteiger partial charge in [0.15, 0.2) is 0 Å². The van der Waals surface area contributed by atoms with E-state index in [-0.39, 0.29) is 12.5 Å². The van der Waals surface area contributed by atoms with Crippen molar-refractivity contribution in [2.45, 2.75) is 12.7 Å². The highest BCUT2D eigenvalue weighted by Gasteiger charge is 2.06. The number of hydrogen-bond donors (Lipinski definition) is 2. The van der Waals surface area contributed by atoms with Crippen LogP contribution in [0.25, 0.3) is 23.3 Å². The van der Waals surface area contributed by atoms with Gasteiger partial charge in [0.2, 0.25) is 5.91 Å². The van der Waals surface area contributed by atoms with E-state index in [1.54, 1.807) is 18.9 Å². The highest BCUT2D eigenvalue weighted by atomic mass is 32.2. The van der Waals surface area contributed by atoms with Crippen LogP contribution in [0.3, 0.4) is 0 Å². The van der Waals surface area contributed by atoms with E-state index in [0.29, 0.717) is 12.3 Å². The molecule has 0 aliphatic heterocycles. The van der Waals surface area contributed by atoms with Gasteiger partial charge in [0.25, 0.3) is 0 Å². The van der Waals surface area contributed by atoms with E-state index in [4.69, 9.17) is 9.84 Å². The lowest BCUT2D eigenvalue weighted by atomic mass is 10.0. The normalized spacial score (nSPS) is 11.0. The Bertz CT molecular complexity index is 1040. The molecule has 0 radical (unpaired) electrons. The van der Waals surface area contributed by atoms with E-state index in [2.05, 4.69) is 85.1 Å². The van der Waals surface area contributed by atoms with Gasteiger partial charge in [-0.3, -0.25) is 4.79 Å². The summed E-state index contributed by atoms with van der Waals surface area (Å²) in [6, 6.07) is 23.0. The molecule has 1 amide bonds. The fourth-order valence-corrected chi connectivity index (χ4v) is 4.03. The second-order valence-corrected chi connectivity index (χ2v) is 8.45. The first-order valence-corrected chi connectivity index (χ1v) is 11.7. The Morgan fingerprint density at radius 2 is 1.72 bits per heavy atom. The van der Waals surface area contributed by atoms with E-state index < -0.39 is 0 Å². The van der Waals surface area contributed by atoms with E-state index >= 15 is 0 Å². The second kappa shape index (κ2) is 12.1. The summed E-state index contributed by atoms with van der Waals surface area (Å²) in [4.78, 5) is 11.6. The van der Waals surface area contributed by atoms with Gasteiger partial charge in [-0.15, -0.1) is 11.8 Å². The van der Waals surface area contributed by atoms with Crippen LogP contribution in [0.4, 0.5) is 0 Å². The summed E-state index contributed by atoms with van der Waals surface area (Å²) in [5, 5.41) is 11.4. The lowest BCUT2D eigenvalue weighted by molar-refractivity contribution is -0.118. The standard InChI is InChI=1S/C27H29NO3S/c1-20-3-5-21(6-4-20)7-12-25-17-24(13-14-26(25)31-2)23-10-8-22(9-11-23)18-32-19-27(30)28-15-16-29/h3-14,17,29H,15-16,18-19H2,1-2H3,(H,28,30)/b12-7+. The minimum absolute atomic E-state index is 0.0350. The van der Waals surface area contributed by atoms with Crippen LogP contribution in [-0.2, 0) is 10.5 Å². The zero-order valence-corrected chi connectivity index (χ0v) is 19.3. The van der Waals surface area contributed by atoms with Crippen LogP contribution in [0.5, 0.6) is 5.75 Å². The molecule has 3 rings (SSSR count). The van der Waals surface area contributed by atoms with Gasteiger partial charge in [-0.05, 0) is 41.3 Å². The van der Waals surface area contributed by atoms with Crippen molar-refractivity contribution >= 4 is 29.8 Å². The van der Waals surface area contributed by atoms with Crippen molar-refractivity contribution in [3.8, 4) is 16.9 Å². The quantitative estimate of drug-likeness (QED) is 0.420. The lowest BCUT2D eigenvalue weighted by Gasteiger charge is -2.09. The fraction of sp³-hybridized carbons (Fsp3) is 0.222.